The van der Waals surface area contributed by atoms with Crippen molar-refractivity contribution >= 4 is 5.69 Å². The topological polar surface area (TPSA) is 45.2 Å². The number of nitrogens with zero attached hydrogens (tertiary/aromatic N) is 2. The predicted molar refractivity (Wildman–Crippen MR) is 114 cm³/mol. The van der Waals surface area contributed by atoms with Gasteiger partial charge in [0.1, 0.15) is 24.2 Å². The average molecular weight is 385 g/mol. The Morgan fingerprint density at radius 1 is 1.00 bits per heavy atom. The molecule has 1 aliphatic rings. The van der Waals surface area contributed by atoms with Crippen LogP contribution in [-0.2, 0) is 6.42 Å². The van der Waals surface area contributed by atoms with Crippen LogP contribution in [0, 0.1) is 0 Å². The summed E-state index contributed by atoms with van der Waals surface area (Å²) >= 11 is 0. The molecule has 1 fully saturated rings. The minimum atomic E-state index is -0.492. The third kappa shape index (κ3) is 5.63. The molecule has 1 saturated heterocycles. The maximum atomic E-state index is 10.4. The zero-order valence-corrected chi connectivity index (χ0v) is 17.0. The van der Waals surface area contributed by atoms with Crippen molar-refractivity contribution in [2.45, 2.75) is 25.9 Å². The number of piperazine rings is 1. The monoisotopic (exact) mass is 384 g/mol. The lowest BCUT2D eigenvalue weighted by Gasteiger charge is -2.37. The van der Waals surface area contributed by atoms with Crippen LogP contribution in [0.15, 0.2) is 48.5 Å². The van der Waals surface area contributed by atoms with Crippen molar-refractivity contribution < 1.29 is 14.6 Å². The first kappa shape index (κ1) is 20.5. The summed E-state index contributed by atoms with van der Waals surface area (Å²) < 4.78 is 11.2. The van der Waals surface area contributed by atoms with Crippen molar-refractivity contribution in [1.82, 2.24) is 4.90 Å². The third-order valence-corrected chi connectivity index (χ3v) is 5.17. The number of rotatable bonds is 9. The Labute approximate surface area is 168 Å². The van der Waals surface area contributed by atoms with Gasteiger partial charge < -0.3 is 19.5 Å². The van der Waals surface area contributed by atoms with Crippen LogP contribution in [0.25, 0.3) is 0 Å². The second kappa shape index (κ2) is 10.3. The van der Waals surface area contributed by atoms with Crippen molar-refractivity contribution in [2.24, 2.45) is 0 Å². The number of anilines is 1. The molecule has 2 aromatic rings. The Hall–Kier alpha value is -2.24. The number of hydrogen-bond acceptors (Lipinski definition) is 5. The lowest BCUT2D eigenvalue weighted by atomic mass is 10.1. The fourth-order valence-corrected chi connectivity index (χ4v) is 3.65. The molecule has 0 bridgehead atoms. The Balaban J connectivity index is 1.41. The molecule has 5 heteroatoms. The van der Waals surface area contributed by atoms with Gasteiger partial charge in [0.25, 0.3) is 0 Å². The third-order valence-electron chi connectivity index (χ3n) is 5.17. The van der Waals surface area contributed by atoms with E-state index < -0.39 is 6.10 Å². The highest BCUT2D eigenvalue weighted by Crippen LogP contribution is 2.28. The van der Waals surface area contributed by atoms with Gasteiger partial charge in [0.05, 0.1) is 12.8 Å². The van der Waals surface area contributed by atoms with Crippen LogP contribution < -0.4 is 14.4 Å². The van der Waals surface area contributed by atoms with Crippen LogP contribution in [-0.4, -0.2) is 62.6 Å². The summed E-state index contributed by atoms with van der Waals surface area (Å²) in [6.45, 7) is 6.81. The number of para-hydroxylation sites is 2. The maximum Gasteiger partial charge on any atom is 0.142 e. The summed E-state index contributed by atoms with van der Waals surface area (Å²) in [6, 6.07) is 16.3. The number of ether oxygens (including phenoxy) is 2. The van der Waals surface area contributed by atoms with Crippen LogP contribution in [0.5, 0.6) is 11.5 Å². The van der Waals surface area contributed by atoms with Gasteiger partial charge in [0.15, 0.2) is 0 Å². The van der Waals surface area contributed by atoms with E-state index in [1.807, 2.05) is 30.3 Å². The van der Waals surface area contributed by atoms with Crippen LogP contribution in [0.4, 0.5) is 5.69 Å². The molecule has 0 spiro atoms. The second-order valence-corrected chi connectivity index (χ2v) is 7.32. The van der Waals surface area contributed by atoms with Crippen molar-refractivity contribution in [3.8, 4) is 11.5 Å². The molecule has 152 valence electrons. The second-order valence-electron chi connectivity index (χ2n) is 7.32. The van der Waals surface area contributed by atoms with Crippen LogP contribution in [0.2, 0.25) is 0 Å². The highest BCUT2D eigenvalue weighted by Gasteiger charge is 2.21. The van der Waals surface area contributed by atoms with Gasteiger partial charge in [-0.15, -0.1) is 0 Å². The van der Waals surface area contributed by atoms with E-state index in [1.54, 1.807) is 7.11 Å². The zero-order chi connectivity index (χ0) is 19.8. The minimum absolute atomic E-state index is 0.319. The summed E-state index contributed by atoms with van der Waals surface area (Å²) in [4.78, 5) is 4.64. The molecule has 1 unspecified atom stereocenters. The van der Waals surface area contributed by atoms with Gasteiger partial charge in [-0.2, -0.15) is 0 Å². The van der Waals surface area contributed by atoms with Crippen LogP contribution in [0.1, 0.15) is 18.9 Å². The number of aliphatic hydroxyl groups excluding tert-OH is 1. The van der Waals surface area contributed by atoms with E-state index in [-0.39, 0.29) is 0 Å². The van der Waals surface area contributed by atoms with Gasteiger partial charge in [-0.3, -0.25) is 4.90 Å². The summed E-state index contributed by atoms with van der Waals surface area (Å²) in [5.41, 5.74) is 2.46. The Morgan fingerprint density at radius 3 is 2.39 bits per heavy atom. The number of methoxy groups -OCH3 is 1. The van der Waals surface area contributed by atoms with Crippen molar-refractivity contribution in [3.05, 3.63) is 54.1 Å². The molecule has 0 aromatic heterocycles. The number of aliphatic hydroxyl groups is 1. The van der Waals surface area contributed by atoms with E-state index in [4.69, 9.17) is 9.47 Å². The largest absolute Gasteiger partial charge is 0.495 e. The van der Waals surface area contributed by atoms with Crippen molar-refractivity contribution in [2.75, 3.05) is 51.3 Å². The molecule has 5 nitrogen and oxygen atoms in total. The first-order valence-corrected chi connectivity index (χ1v) is 10.2. The van der Waals surface area contributed by atoms with Crippen LogP contribution >= 0.6 is 0 Å². The summed E-state index contributed by atoms with van der Waals surface area (Å²) in [5.74, 6) is 1.73. The molecule has 2 aromatic carbocycles. The SMILES string of the molecule is CCCc1ccc(OCC(O)CN2CCN(c3ccccc3OC)CC2)cc1. The fraction of sp³-hybridized carbons (Fsp3) is 0.478. The summed E-state index contributed by atoms with van der Waals surface area (Å²) in [6.07, 6.45) is 1.74. The van der Waals surface area contributed by atoms with Gasteiger partial charge in [0.2, 0.25) is 0 Å². The first-order chi connectivity index (χ1) is 13.7. The Bertz CT molecular complexity index is 712. The molecule has 0 saturated carbocycles. The lowest BCUT2D eigenvalue weighted by Crippen LogP contribution is -2.49. The Kier molecular flexibility index (Phi) is 7.57. The summed E-state index contributed by atoms with van der Waals surface area (Å²) in [7, 11) is 1.71. The highest BCUT2D eigenvalue weighted by atomic mass is 16.5. The predicted octanol–water partition coefficient (Wildman–Crippen LogP) is 3.21. The fourth-order valence-electron chi connectivity index (χ4n) is 3.65. The van der Waals surface area contributed by atoms with E-state index in [0.717, 1.165) is 56.2 Å². The molecular weight excluding hydrogens is 352 g/mol. The molecule has 1 N–H and O–H groups in total. The molecule has 0 amide bonds. The van der Waals surface area contributed by atoms with Gasteiger partial charge in [-0.1, -0.05) is 37.6 Å². The highest BCUT2D eigenvalue weighted by molar-refractivity contribution is 5.58. The van der Waals surface area contributed by atoms with Crippen molar-refractivity contribution in [3.63, 3.8) is 0 Å². The summed E-state index contributed by atoms with van der Waals surface area (Å²) in [5, 5.41) is 10.4. The molecule has 0 radical (unpaired) electrons. The first-order valence-electron chi connectivity index (χ1n) is 10.2. The molecule has 1 aliphatic heterocycles. The molecular formula is C23H32N2O3. The van der Waals surface area contributed by atoms with E-state index in [9.17, 15) is 5.11 Å². The molecule has 1 atom stereocenters. The van der Waals surface area contributed by atoms with E-state index in [0.29, 0.717) is 13.2 Å². The van der Waals surface area contributed by atoms with Gasteiger partial charge in [-0.05, 0) is 36.2 Å². The lowest BCUT2D eigenvalue weighted by molar-refractivity contribution is 0.0663. The van der Waals surface area contributed by atoms with Gasteiger partial charge in [0, 0.05) is 32.7 Å². The zero-order valence-electron chi connectivity index (χ0n) is 17.0. The quantitative estimate of drug-likeness (QED) is 0.719. The number of benzene rings is 2. The average Bonchev–Trinajstić information content (AvgIpc) is 2.74. The normalized spacial score (nSPS) is 16.0. The number of aryl methyl sites for hydroxylation is 1. The molecule has 0 aliphatic carbocycles. The van der Waals surface area contributed by atoms with Crippen molar-refractivity contribution in [1.29, 1.82) is 0 Å². The van der Waals surface area contributed by atoms with E-state index >= 15 is 0 Å². The molecule has 3 rings (SSSR count). The number of hydrogen-bond donors (Lipinski definition) is 1. The standard InChI is InChI=1S/C23H32N2O3/c1-3-6-19-9-11-21(12-10-19)28-18-20(26)17-24-13-15-25(16-14-24)22-7-4-5-8-23(22)27-2/h4-5,7-12,20,26H,3,6,13-18H2,1-2H3. The van der Waals surface area contributed by atoms with Crippen LogP contribution in [0.3, 0.4) is 0 Å². The Morgan fingerprint density at radius 2 is 1.71 bits per heavy atom. The smallest absolute Gasteiger partial charge is 0.142 e. The maximum absolute atomic E-state index is 10.4. The van der Waals surface area contributed by atoms with Gasteiger partial charge in [-0.25, -0.2) is 0 Å². The molecule has 1 heterocycles. The number of β-amino-alcohol motifs (C(OH)–C–C–N with tert-alkyl or cyclic N) is 1. The van der Waals surface area contributed by atoms with Gasteiger partial charge >= 0.3 is 0 Å². The van der Waals surface area contributed by atoms with E-state index in [1.165, 1.54) is 5.56 Å². The molecule has 28 heavy (non-hydrogen) atoms. The van der Waals surface area contributed by atoms with E-state index in [2.05, 4.69) is 34.9 Å². The minimum Gasteiger partial charge on any atom is -0.495 e.